The van der Waals surface area contributed by atoms with Crippen LogP contribution in [0.3, 0.4) is 0 Å². The minimum Gasteiger partial charge on any atom is -0.356 e. The summed E-state index contributed by atoms with van der Waals surface area (Å²) >= 11 is 0. The zero-order valence-electron chi connectivity index (χ0n) is 12.4. The van der Waals surface area contributed by atoms with E-state index in [0.29, 0.717) is 13.2 Å². The summed E-state index contributed by atoms with van der Waals surface area (Å²) in [6.07, 6.45) is 1.73. The molecule has 0 rings (SSSR count). The van der Waals surface area contributed by atoms with Gasteiger partial charge in [0.15, 0.2) is 11.6 Å². The third-order valence-electron chi connectivity index (χ3n) is 2.07. The maximum absolute atomic E-state index is 11.7. The normalized spacial score (nSPS) is 12.8. The van der Waals surface area contributed by atoms with Gasteiger partial charge in [0, 0.05) is 13.2 Å². The highest BCUT2D eigenvalue weighted by Gasteiger charge is 2.35. The average Bonchev–Trinajstić information content (AvgIpc) is 2.22. The summed E-state index contributed by atoms with van der Waals surface area (Å²) in [5.74, 6) is -1.91. The molecule has 0 aliphatic carbocycles. The number of rotatable bonds is 10. The van der Waals surface area contributed by atoms with E-state index in [-0.39, 0.29) is 0 Å². The zero-order chi connectivity index (χ0) is 14.2. The quantitative estimate of drug-likeness (QED) is 0.448. The maximum Gasteiger partial charge on any atom is 0.671 e. The number of ether oxygens (including phenoxy) is 2. The van der Waals surface area contributed by atoms with Crippen molar-refractivity contribution in [3.05, 3.63) is 0 Å². The molecule has 6 heteroatoms. The van der Waals surface area contributed by atoms with E-state index in [1.807, 2.05) is 13.8 Å². The van der Waals surface area contributed by atoms with Crippen LogP contribution in [0.15, 0.2) is 0 Å². The summed E-state index contributed by atoms with van der Waals surface area (Å²) in [6.45, 7) is 11.8. The Morgan fingerprint density at radius 3 is 1.44 bits per heavy atom. The van der Waals surface area contributed by atoms with E-state index in [1.54, 1.807) is 27.7 Å². The molecular weight excluding hydrogens is 235 g/mol. The second-order valence-electron chi connectivity index (χ2n) is 5.02. The van der Waals surface area contributed by atoms with Gasteiger partial charge in [-0.25, -0.2) is 5.02 Å². The lowest BCUT2D eigenvalue weighted by Gasteiger charge is -2.30. The van der Waals surface area contributed by atoms with Crippen LogP contribution in [0.1, 0.15) is 54.4 Å². The van der Waals surface area contributed by atoms with Crippen molar-refractivity contribution in [3.8, 4) is 0 Å². The highest BCUT2D eigenvalue weighted by molar-refractivity contribution is 6.34. The molecule has 0 spiro atoms. The van der Waals surface area contributed by atoms with Crippen LogP contribution in [-0.2, 0) is 23.8 Å². The third kappa shape index (κ3) is 8.88. The van der Waals surface area contributed by atoms with Gasteiger partial charge in [0.2, 0.25) is 0 Å². The predicted molar refractivity (Wildman–Crippen MR) is 69.3 cm³/mol. The van der Waals surface area contributed by atoms with E-state index >= 15 is 0 Å². The average molecular weight is 261 g/mol. The SMILES string of the molecule is CCCOC(C)(C)OB([O])OC(C)(C)OCCC. The van der Waals surface area contributed by atoms with Gasteiger partial charge in [-0.05, 0) is 40.5 Å². The topological polar surface area (TPSA) is 56.8 Å². The molecule has 0 aromatic carbocycles. The molecule has 5 nitrogen and oxygen atoms in total. The molecule has 0 aromatic heterocycles. The highest BCUT2D eigenvalue weighted by Crippen LogP contribution is 2.18. The molecular formula is C12H26BO5. The first-order chi connectivity index (χ1) is 8.22. The lowest BCUT2D eigenvalue weighted by molar-refractivity contribution is -0.217. The van der Waals surface area contributed by atoms with Crippen molar-refractivity contribution in [1.29, 1.82) is 0 Å². The molecule has 0 aromatic rings. The molecule has 0 N–H and O–H groups in total. The van der Waals surface area contributed by atoms with Gasteiger partial charge in [0.1, 0.15) is 0 Å². The molecule has 0 atom stereocenters. The summed E-state index contributed by atoms with van der Waals surface area (Å²) in [7, 11) is -1.64. The Labute approximate surface area is 111 Å². The zero-order valence-corrected chi connectivity index (χ0v) is 12.4. The van der Waals surface area contributed by atoms with Crippen molar-refractivity contribution in [2.24, 2.45) is 0 Å². The fourth-order valence-electron chi connectivity index (χ4n) is 1.25. The van der Waals surface area contributed by atoms with Crippen molar-refractivity contribution >= 4 is 7.32 Å². The Kier molecular flexibility index (Phi) is 8.06. The molecule has 107 valence electrons. The van der Waals surface area contributed by atoms with Gasteiger partial charge >= 0.3 is 7.32 Å². The fourth-order valence-corrected chi connectivity index (χ4v) is 1.25. The molecule has 0 saturated carbocycles. The van der Waals surface area contributed by atoms with Gasteiger partial charge in [0.25, 0.3) is 0 Å². The summed E-state index contributed by atoms with van der Waals surface area (Å²) in [5, 5.41) is 11.7. The molecule has 18 heavy (non-hydrogen) atoms. The Balaban J connectivity index is 4.11. The standard InChI is InChI=1S/C12H26BO5/c1-7-9-15-11(3,4)17-13(14)18-12(5,6)16-10-8-2/h7-10H2,1-6H3. The van der Waals surface area contributed by atoms with Gasteiger partial charge in [-0.2, -0.15) is 0 Å². The first-order valence-electron chi connectivity index (χ1n) is 6.52. The molecule has 0 unspecified atom stereocenters. The van der Waals surface area contributed by atoms with Crippen molar-refractivity contribution in [3.63, 3.8) is 0 Å². The minimum atomic E-state index is -1.64. The molecule has 0 aliphatic heterocycles. The lowest BCUT2D eigenvalue weighted by Crippen LogP contribution is -2.43. The Morgan fingerprint density at radius 1 is 0.833 bits per heavy atom. The van der Waals surface area contributed by atoms with Crippen molar-refractivity contribution in [1.82, 2.24) is 0 Å². The van der Waals surface area contributed by atoms with Crippen molar-refractivity contribution in [2.75, 3.05) is 13.2 Å². The Hall–Kier alpha value is -0.135. The monoisotopic (exact) mass is 261 g/mol. The lowest BCUT2D eigenvalue weighted by atomic mass is 10.2. The fraction of sp³-hybridized carbons (Fsp3) is 1.00. The Morgan fingerprint density at radius 2 is 1.17 bits per heavy atom. The van der Waals surface area contributed by atoms with E-state index in [4.69, 9.17) is 18.8 Å². The van der Waals surface area contributed by atoms with E-state index in [1.165, 1.54) is 0 Å². The predicted octanol–water partition coefficient (Wildman–Crippen LogP) is 2.76. The van der Waals surface area contributed by atoms with Crippen LogP contribution in [0.4, 0.5) is 0 Å². The first-order valence-corrected chi connectivity index (χ1v) is 6.52. The maximum atomic E-state index is 11.7. The molecule has 0 heterocycles. The van der Waals surface area contributed by atoms with Crippen LogP contribution in [0.5, 0.6) is 0 Å². The summed E-state index contributed by atoms with van der Waals surface area (Å²) in [5.41, 5.74) is 0. The van der Waals surface area contributed by atoms with Crippen molar-refractivity contribution < 1.29 is 23.8 Å². The van der Waals surface area contributed by atoms with Crippen LogP contribution < -0.4 is 0 Å². The molecule has 0 aliphatic rings. The highest BCUT2D eigenvalue weighted by atomic mass is 16.8. The van der Waals surface area contributed by atoms with Gasteiger partial charge in [0.05, 0.1) is 0 Å². The van der Waals surface area contributed by atoms with Gasteiger partial charge < -0.3 is 18.8 Å². The van der Waals surface area contributed by atoms with Gasteiger partial charge in [-0.15, -0.1) is 0 Å². The molecule has 0 fully saturated rings. The van der Waals surface area contributed by atoms with Crippen LogP contribution in [0.25, 0.3) is 0 Å². The second kappa shape index (κ2) is 8.12. The largest absolute Gasteiger partial charge is 0.671 e. The van der Waals surface area contributed by atoms with E-state index < -0.39 is 18.9 Å². The second-order valence-corrected chi connectivity index (χ2v) is 5.02. The molecule has 0 amide bonds. The van der Waals surface area contributed by atoms with Crippen LogP contribution in [0.2, 0.25) is 0 Å². The summed E-state index contributed by atoms with van der Waals surface area (Å²) < 4.78 is 21.2. The first kappa shape index (κ1) is 17.9. The number of hydrogen-bond acceptors (Lipinski definition) is 4. The smallest absolute Gasteiger partial charge is 0.356 e. The van der Waals surface area contributed by atoms with Gasteiger partial charge in [-0.3, -0.25) is 0 Å². The molecule has 0 bridgehead atoms. The summed E-state index contributed by atoms with van der Waals surface area (Å²) in [4.78, 5) is 0. The van der Waals surface area contributed by atoms with Crippen LogP contribution in [-0.4, -0.2) is 32.1 Å². The minimum absolute atomic E-state index is 0.537. The van der Waals surface area contributed by atoms with E-state index in [9.17, 15) is 5.02 Å². The van der Waals surface area contributed by atoms with Gasteiger partial charge in [-0.1, -0.05) is 13.8 Å². The van der Waals surface area contributed by atoms with Crippen molar-refractivity contribution in [2.45, 2.75) is 66.0 Å². The molecule has 0 saturated heterocycles. The number of hydrogen-bond donors (Lipinski definition) is 0. The Bertz CT molecular complexity index is 199. The van der Waals surface area contributed by atoms with Crippen LogP contribution in [0, 0.1) is 0 Å². The van der Waals surface area contributed by atoms with E-state index in [0.717, 1.165) is 12.8 Å². The summed E-state index contributed by atoms with van der Waals surface area (Å²) in [6, 6.07) is 0. The third-order valence-corrected chi connectivity index (χ3v) is 2.07. The molecule has 1 radical (unpaired) electrons. The van der Waals surface area contributed by atoms with E-state index in [2.05, 4.69) is 0 Å². The van der Waals surface area contributed by atoms with Crippen LogP contribution >= 0.6 is 0 Å².